The molecule has 0 aliphatic carbocycles. The smallest absolute Gasteiger partial charge is 0.203 e. The van der Waals surface area contributed by atoms with E-state index < -0.39 is 0 Å². The molecule has 1 aromatic heterocycles. The van der Waals surface area contributed by atoms with Gasteiger partial charge in [0.1, 0.15) is 11.8 Å². The number of rotatable bonds is 5. The first-order valence-corrected chi connectivity index (χ1v) is 4.56. The third kappa shape index (κ3) is 3.60. The molecule has 1 N–H and O–H groups in total. The van der Waals surface area contributed by atoms with Gasteiger partial charge in [0.2, 0.25) is 5.76 Å². The van der Waals surface area contributed by atoms with Crippen molar-refractivity contribution in [3.63, 3.8) is 0 Å². The SMILES string of the molecule is CN(C)CCNCc1ccc(C#N)o1. The zero-order chi connectivity index (χ0) is 10.4. The van der Waals surface area contributed by atoms with Gasteiger partial charge in [-0.15, -0.1) is 0 Å². The van der Waals surface area contributed by atoms with Crippen molar-refractivity contribution < 1.29 is 4.42 Å². The topological polar surface area (TPSA) is 52.2 Å². The summed E-state index contributed by atoms with van der Waals surface area (Å²) in [5.74, 6) is 1.18. The Morgan fingerprint density at radius 2 is 2.29 bits per heavy atom. The van der Waals surface area contributed by atoms with Gasteiger partial charge in [-0.3, -0.25) is 0 Å². The van der Waals surface area contributed by atoms with Gasteiger partial charge < -0.3 is 14.6 Å². The number of nitrogens with zero attached hydrogens (tertiary/aromatic N) is 2. The first-order chi connectivity index (χ1) is 6.72. The maximum Gasteiger partial charge on any atom is 0.203 e. The Kier molecular flexibility index (Phi) is 4.17. The zero-order valence-electron chi connectivity index (χ0n) is 8.58. The Labute approximate surface area is 84.1 Å². The molecule has 0 unspecified atom stereocenters. The fourth-order valence-corrected chi connectivity index (χ4v) is 1.05. The Morgan fingerprint density at radius 1 is 1.50 bits per heavy atom. The van der Waals surface area contributed by atoms with E-state index >= 15 is 0 Å². The van der Waals surface area contributed by atoms with E-state index in [1.807, 2.05) is 26.2 Å². The predicted molar refractivity (Wildman–Crippen MR) is 53.7 cm³/mol. The summed E-state index contributed by atoms with van der Waals surface area (Å²) >= 11 is 0. The number of hydrogen-bond acceptors (Lipinski definition) is 4. The van der Waals surface area contributed by atoms with Gasteiger partial charge in [0.15, 0.2) is 0 Å². The fraction of sp³-hybridized carbons (Fsp3) is 0.500. The van der Waals surface area contributed by atoms with Gasteiger partial charge in [-0.25, -0.2) is 0 Å². The number of hydrogen-bond donors (Lipinski definition) is 1. The van der Waals surface area contributed by atoms with Crippen LogP contribution >= 0.6 is 0 Å². The maximum absolute atomic E-state index is 8.52. The monoisotopic (exact) mass is 193 g/mol. The number of nitrogens with one attached hydrogen (secondary N) is 1. The minimum Gasteiger partial charge on any atom is -0.449 e. The first kappa shape index (κ1) is 10.8. The van der Waals surface area contributed by atoms with Crippen molar-refractivity contribution in [1.82, 2.24) is 10.2 Å². The summed E-state index contributed by atoms with van der Waals surface area (Å²) in [5.41, 5.74) is 0. The molecule has 0 atom stereocenters. The summed E-state index contributed by atoms with van der Waals surface area (Å²) in [6, 6.07) is 5.46. The molecule has 1 heterocycles. The lowest BCUT2D eigenvalue weighted by Crippen LogP contribution is -2.26. The summed E-state index contributed by atoms with van der Waals surface area (Å²) in [6.45, 7) is 2.58. The molecule has 1 aromatic rings. The van der Waals surface area contributed by atoms with Gasteiger partial charge in [0.25, 0.3) is 0 Å². The zero-order valence-corrected chi connectivity index (χ0v) is 8.58. The quantitative estimate of drug-likeness (QED) is 0.703. The molecule has 4 nitrogen and oxygen atoms in total. The fourth-order valence-electron chi connectivity index (χ4n) is 1.05. The van der Waals surface area contributed by atoms with E-state index in [0.29, 0.717) is 12.3 Å². The van der Waals surface area contributed by atoms with Crippen molar-refractivity contribution in [2.45, 2.75) is 6.54 Å². The summed E-state index contributed by atoms with van der Waals surface area (Å²) < 4.78 is 5.20. The van der Waals surface area contributed by atoms with Crippen LogP contribution in [0.25, 0.3) is 0 Å². The van der Waals surface area contributed by atoms with E-state index in [2.05, 4.69) is 10.2 Å². The second-order valence-corrected chi connectivity index (χ2v) is 3.36. The highest BCUT2D eigenvalue weighted by Gasteiger charge is 1.99. The van der Waals surface area contributed by atoms with E-state index in [0.717, 1.165) is 18.8 Å². The average Bonchev–Trinajstić information content (AvgIpc) is 2.60. The van der Waals surface area contributed by atoms with Crippen LogP contribution in [-0.2, 0) is 6.54 Å². The van der Waals surface area contributed by atoms with Crippen LogP contribution in [-0.4, -0.2) is 32.1 Å². The molecule has 0 amide bonds. The van der Waals surface area contributed by atoms with E-state index in [9.17, 15) is 0 Å². The largest absolute Gasteiger partial charge is 0.449 e. The summed E-state index contributed by atoms with van der Waals surface area (Å²) in [6.07, 6.45) is 0. The normalized spacial score (nSPS) is 10.4. The van der Waals surface area contributed by atoms with Crippen LogP contribution in [0.3, 0.4) is 0 Å². The van der Waals surface area contributed by atoms with Crippen LogP contribution in [0, 0.1) is 11.3 Å². The van der Waals surface area contributed by atoms with Crippen LogP contribution in [0.2, 0.25) is 0 Å². The van der Waals surface area contributed by atoms with Crippen molar-refractivity contribution in [3.8, 4) is 6.07 Å². The van der Waals surface area contributed by atoms with Crippen LogP contribution < -0.4 is 5.32 Å². The number of nitriles is 1. The molecule has 0 saturated heterocycles. The van der Waals surface area contributed by atoms with Crippen molar-refractivity contribution in [2.75, 3.05) is 27.2 Å². The number of likely N-dealkylation sites (N-methyl/N-ethyl adjacent to an activating group) is 1. The molecule has 1 rings (SSSR count). The van der Waals surface area contributed by atoms with Gasteiger partial charge in [0.05, 0.1) is 6.54 Å². The molecular formula is C10H15N3O. The molecule has 0 bridgehead atoms. The summed E-state index contributed by atoms with van der Waals surface area (Å²) in [5, 5.41) is 11.8. The van der Waals surface area contributed by atoms with Gasteiger partial charge in [-0.1, -0.05) is 0 Å². The van der Waals surface area contributed by atoms with Gasteiger partial charge in [0, 0.05) is 13.1 Å². The Morgan fingerprint density at radius 3 is 2.86 bits per heavy atom. The second-order valence-electron chi connectivity index (χ2n) is 3.36. The van der Waals surface area contributed by atoms with Crippen molar-refractivity contribution >= 4 is 0 Å². The molecule has 14 heavy (non-hydrogen) atoms. The molecule has 0 aliphatic heterocycles. The summed E-state index contributed by atoms with van der Waals surface area (Å²) in [4.78, 5) is 2.11. The average molecular weight is 193 g/mol. The maximum atomic E-state index is 8.52. The molecule has 0 aliphatic rings. The second kappa shape index (κ2) is 5.43. The Hall–Kier alpha value is -1.31. The first-order valence-electron chi connectivity index (χ1n) is 4.56. The van der Waals surface area contributed by atoms with Crippen LogP contribution in [0.1, 0.15) is 11.5 Å². The van der Waals surface area contributed by atoms with E-state index in [1.54, 1.807) is 6.07 Å². The third-order valence-electron chi connectivity index (χ3n) is 1.81. The molecule has 4 heteroatoms. The lowest BCUT2D eigenvalue weighted by molar-refractivity contribution is 0.391. The van der Waals surface area contributed by atoms with Crippen molar-refractivity contribution in [3.05, 3.63) is 23.7 Å². The molecule has 76 valence electrons. The van der Waals surface area contributed by atoms with Crippen LogP contribution in [0.4, 0.5) is 0 Å². The highest BCUT2D eigenvalue weighted by molar-refractivity contribution is 5.18. The standard InChI is InChI=1S/C10H15N3O/c1-13(2)6-5-12-8-10-4-3-9(7-11)14-10/h3-4,12H,5-6,8H2,1-2H3. The van der Waals surface area contributed by atoms with Gasteiger partial charge in [-0.2, -0.15) is 5.26 Å². The summed E-state index contributed by atoms with van der Waals surface area (Å²) in [7, 11) is 4.06. The highest BCUT2D eigenvalue weighted by Crippen LogP contribution is 2.05. The highest BCUT2D eigenvalue weighted by atomic mass is 16.3. The third-order valence-corrected chi connectivity index (χ3v) is 1.81. The van der Waals surface area contributed by atoms with E-state index in [-0.39, 0.29) is 0 Å². The Bertz CT molecular complexity index is 311. The molecular weight excluding hydrogens is 178 g/mol. The van der Waals surface area contributed by atoms with E-state index in [1.165, 1.54) is 0 Å². The van der Waals surface area contributed by atoms with E-state index in [4.69, 9.17) is 9.68 Å². The lowest BCUT2D eigenvalue weighted by Gasteiger charge is -2.09. The van der Waals surface area contributed by atoms with Gasteiger partial charge >= 0.3 is 0 Å². The molecule has 0 saturated carbocycles. The predicted octanol–water partition coefficient (Wildman–Crippen LogP) is 0.802. The van der Waals surface area contributed by atoms with Crippen LogP contribution in [0.5, 0.6) is 0 Å². The molecule has 0 fully saturated rings. The molecule has 0 radical (unpaired) electrons. The lowest BCUT2D eigenvalue weighted by atomic mass is 10.4. The molecule has 0 aromatic carbocycles. The minimum absolute atomic E-state index is 0.370. The Balaban J connectivity index is 2.22. The molecule has 0 spiro atoms. The number of furan rings is 1. The minimum atomic E-state index is 0.370. The van der Waals surface area contributed by atoms with Crippen LogP contribution in [0.15, 0.2) is 16.5 Å². The van der Waals surface area contributed by atoms with Gasteiger partial charge in [-0.05, 0) is 26.2 Å². The van der Waals surface area contributed by atoms with Crippen molar-refractivity contribution in [1.29, 1.82) is 5.26 Å². The van der Waals surface area contributed by atoms with Crippen molar-refractivity contribution in [2.24, 2.45) is 0 Å².